The van der Waals surface area contributed by atoms with Crippen molar-refractivity contribution in [2.24, 2.45) is 0 Å². The van der Waals surface area contributed by atoms with Gasteiger partial charge in [0, 0.05) is 18.6 Å². The smallest absolute Gasteiger partial charge is 0.317 e. The van der Waals surface area contributed by atoms with E-state index in [0.717, 1.165) is 32.1 Å². The van der Waals surface area contributed by atoms with Crippen LogP contribution in [0.4, 0.5) is 4.79 Å². The summed E-state index contributed by atoms with van der Waals surface area (Å²) in [6.07, 6.45) is 8.61. The van der Waals surface area contributed by atoms with Gasteiger partial charge in [-0.2, -0.15) is 0 Å². The summed E-state index contributed by atoms with van der Waals surface area (Å²) in [5, 5.41) is 12.0. The van der Waals surface area contributed by atoms with Gasteiger partial charge in [-0.3, -0.25) is 4.79 Å². The van der Waals surface area contributed by atoms with Crippen molar-refractivity contribution in [1.82, 2.24) is 10.2 Å². The Morgan fingerprint density at radius 1 is 1.29 bits per heavy atom. The first-order valence-corrected chi connectivity index (χ1v) is 8.33. The lowest BCUT2D eigenvalue weighted by molar-refractivity contribution is -0.138. The van der Waals surface area contributed by atoms with Gasteiger partial charge in [0.25, 0.3) is 0 Å². The van der Waals surface area contributed by atoms with Gasteiger partial charge in [-0.1, -0.05) is 32.6 Å². The molecule has 5 heteroatoms. The molecule has 0 aromatic heterocycles. The number of carbonyl (C=O) groups is 2. The molecule has 0 bridgehead atoms. The quantitative estimate of drug-likeness (QED) is 0.675. The topological polar surface area (TPSA) is 69.6 Å². The highest BCUT2D eigenvalue weighted by Gasteiger charge is 2.28. The first-order chi connectivity index (χ1) is 10.0. The number of aliphatic carboxylic acids is 1. The number of piperidine rings is 1. The minimum Gasteiger partial charge on any atom is -0.481 e. The molecule has 0 aliphatic carbocycles. The van der Waals surface area contributed by atoms with Crippen LogP contribution >= 0.6 is 0 Å². The summed E-state index contributed by atoms with van der Waals surface area (Å²) >= 11 is 0. The first-order valence-electron chi connectivity index (χ1n) is 8.33. The molecule has 1 rings (SSSR count). The van der Waals surface area contributed by atoms with Crippen LogP contribution in [0, 0.1) is 0 Å². The van der Waals surface area contributed by atoms with Crippen LogP contribution in [0.5, 0.6) is 0 Å². The Morgan fingerprint density at radius 3 is 2.71 bits per heavy atom. The zero-order valence-electron chi connectivity index (χ0n) is 13.4. The molecule has 2 unspecified atom stereocenters. The predicted octanol–water partition coefficient (Wildman–Crippen LogP) is 3.38. The number of nitrogens with one attached hydrogen (secondary N) is 1. The molecule has 1 aliphatic rings. The highest BCUT2D eigenvalue weighted by atomic mass is 16.4. The lowest BCUT2D eigenvalue weighted by atomic mass is 10.00. The molecular formula is C16H30N2O3. The Bertz CT molecular complexity index is 333. The number of urea groups is 1. The van der Waals surface area contributed by atoms with Gasteiger partial charge in [0.15, 0.2) is 0 Å². The number of carboxylic acid groups (broad SMARTS) is 1. The molecule has 0 radical (unpaired) electrons. The average molecular weight is 298 g/mol. The largest absolute Gasteiger partial charge is 0.481 e. The van der Waals surface area contributed by atoms with Gasteiger partial charge in [-0.25, -0.2) is 4.79 Å². The van der Waals surface area contributed by atoms with E-state index in [9.17, 15) is 9.59 Å². The summed E-state index contributed by atoms with van der Waals surface area (Å²) in [6.45, 7) is 4.89. The number of carboxylic acids is 1. The number of hydrogen-bond donors (Lipinski definition) is 2. The van der Waals surface area contributed by atoms with Crippen LogP contribution in [0.2, 0.25) is 0 Å². The first kappa shape index (κ1) is 17.8. The molecule has 0 spiro atoms. The van der Waals surface area contributed by atoms with Gasteiger partial charge in [0.2, 0.25) is 0 Å². The molecule has 21 heavy (non-hydrogen) atoms. The van der Waals surface area contributed by atoms with Gasteiger partial charge < -0.3 is 15.3 Å². The molecule has 122 valence electrons. The molecule has 1 heterocycles. The van der Waals surface area contributed by atoms with E-state index in [2.05, 4.69) is 12.2 Å². The summed E-state index contributed by atoms with van der Waals surface area (Å²) < 4.78 is 0. The summed E-state index contributed by atoms with van der Waals surface area (Å²) in [6, 6.07) is -0.0887. The lowest BCUT2D eigenvalue weighted by Crippen LogP contribution is -2.51. The Hall–Kier alpha value is -1.26. The highest BCUT2D eigenvalue weighted by Crippen LogP contribution is 2.20. The van der Waals surface area contributed by atoms with Crippen LogP contribution < -0.4 is 5.32 Å². The predicted molar refractivity (Wildman–Crippen MR) is 83.4 cm³/mol. The SMILES string of the molecule is CCCCCCC(C)NC(=O)N1CCCCC1CC(=O)O. The number of unbranched alkanes of at least 4 members (excludes halogenated alkanes) is 3. The fraction of sp³-hybridized carbons (Fsp3) is 0.875. The molecule has 2 N–H and O–H groups in total. The Kier molecular flexibility index (Phi) is 8.16. The van der Waals surface area contributed by atoms with Gasteiger partial charge >= 0.3 is 12.0 Å². The average Bonchev–Trinajstić information content (AvgIpc) is 2.43. The standard InChI is InChI=1S/C16H30N2O3/c1-3-4-5-6-9-13(2)17-16(21)18-11-8-7-10-14(18)12-15(19)20/h13-14H,3-12H2,1-2H3,(H,17,21)(H,19,20). The maximum absolute atomic E-state index is 12.3. The van der Waals surface area contributed by atoms with Gasteiger partial charge in [-0.15, -0.1) is 0 Å². The van der Waals surface area contributed by atoms with E-state index in [4.69, 9.17) is 5.11 Å². The maximum atomic E-state index is 12.3. The minimum absolute atomic E-state index is 0.0539. The fourth-order valence-corrected chi connectivity index (χ4v) is 2.92. The van der Waals surface area contributed by atoms with Gasteiger partial charge in [0.05, 0.1) is 6.42 Å². The third-order valence-corrected chi connectivity index (χ3v) is 4.16. The zero-order chi connectivity index (χ0) is 15.7. The van der Waals surface area contributed by atoms with Crippen LogP contribution in [0.15, 0.2) is 0 Å². The second-order valence-corrected chi connectivity index (χ2v) is 6.14. The van der Waals surface area contributed by atoms with E-state index in [1.54, 1.807) is 4.90 Å². The summed E-state index contributed by atoms with van der Waals surface area (Å²) in [7, 11) is 0. The van der Waals surface area contributed by atoms with E-state index in [1.807, 2.05) is 6.92 Å². The molecular weight excluding hydrogens is 268 g/mol. The van der Waals surface area contributed by atoms with Crippen molar-refractivity contribution < 1.29 is 14.7 Å². The maximum Gasteiger partial charge on any atom is 0.317 e. The highest BCUT2D eigenvalue weighted by molar-refractivity contribution is 5.76. The molecule has 1 fully saturated rings. The molecule has 2 amide bonds. The molecule has 0 aromatic rings. The number of amides is 2. The number of nitrogens with zero attached hydrogens (tertiary/aromatic N) is 1. The number of carbonyl (C=O) groups excluding carboxylic acids is 1. The fourth-order valence-electron chi connectivity index (χ4n) is 2.92. The van der Waals surface area contributed by atoms with Crippen molar-refractivity contribution in [3.8, 4) is 0 Å². The third kappa shape index (κ3) is 6.82. The van der Waals surface area contributed by atoms with Gasteiger partial charge in [0.1, 0.15) is 0 Å². The number of likely N-dealkylation sites (tertiary alicyclic amines) is 1. The number of rotatable bonds is 8. The van der Waals surface area contributed by atoms with Crippen molar-refractivity contribution in [3.63, 3.8) is 0 Å². The van der Waals surface area contributed by atoms with E-state index in [0.29, 0.717) is 6.54 Å². The van der Waals surface area contributed by atoms with Crippen molar-refractivity contribution >= 4 is 12.0 Å². The molecule has 1 aliphatic heterocycles. The van der Waals surface area contributed by atoms with Crippen LogP contribution in [-0.2, 0) is 4.79 Å². The second-order valence-electron chi connectivity index (χ2n) is 6.14. The van der Waals surface area contributed by atoms with Crippen LogP contribution in [0.3, 0.4) is 0 Å². The molecule has 5 nitrogen and oxygen atoms in total. The van der Waals surface area contributed by atoms with Crippen LogP contribution in [-0.4, -0.2) is 40.6 Å². The number of hydrogen-bond acceptors (Lipinski definition) is 2. The van der Waals surface area contributed by atoms with Crippen molar-refractivity contribution in [2.75, 3.05) is 6.54 Å². The van der Waals surface area contributed by atoms with Crippen molar-refractivity contribution in [3.05, 3.63) is 0 Å². The molecule has 0 aromatic carbocycles. The van der Waals surface area contributed by atoms with E-state index < -0.39 is 5.97 Å². The van der Waals surface area contributed by atoms with E-state index in [-0.39, 0.29) is 24.5 Å². The Labute approximate surface area is 128 Å². The van der Waals surface area contributed by atoms with E-state index in [1.165, 1.54) is 19.3 Å². The summed E-state index contributed by atoms with van der Waals surface area (Å²) in [5.41, 5.74) is 0. The second kappa shape index (κ2) is 9.64. The summed E-state index contributed by atoms with van der Waals surface area (Å²) in [4.78, 5) is 24.9. The lowest BCUT2D eigenvalue weighted by Gasteiger charge is -2.35. The zero-order valence-corrected chi connectivity index (χ0v) is 13.4. The minimum atomic E-state index is -0.827. The monoisotopic (exact) mass is 298 g/mol. The Morgan fingerprint density at radius 2 is 2.05 bits per heavy atom. The van der Waals surface area contributed by atoms with Gasteiger partial charge in [-0.05, 0) is 32.6 Å². The van der Waals surface area contributed by atoms with Crippen molar-refractivity contribution in [2.45, 2.75) is 83.7 Å². The molecule has 2 atom stereocenters. The molecule has 0 saturated carbocycles. The molecule has 1 saturated heterocycles. The summed E-state index contributed by atoms with van der Waals surface area (Å²) in [5.74, 6) is -0.827. The van der Waals surface area contributed by atoms with Crippen LogP contribution in [0.25, 0.3) is 0 Å². The normalized spacial score (nSPS) is 20.1. The van der Waals surface area contributed by atoms with E-state index >= 15 is 0 Å². The van der Waals surface area contributed by atoms with Crippen molar-refractivity contribution in [1.29, 1.82) is 0 Å². The third-order valence-electron chi connectivity index (χ3n) is 4.16. The van der Waals surface area contributed by atoms with Crippen LogP contribution in [0.1, 0.15) is 71.6 Å². The Balaban J connectivity index is 2.38.